The van der Waals surface area contributed by atoms with Crippen molar-refractivity contribution in [2.75, 3.05) is 19.6 Å². The first-order chi connectivity index (χ1) is 8.84. The summed E-state index contributed by atoms with van der Waals surface area (Å²) in [6.45, 7) is 3.41. The summed E-state index contributed by atoms with van der Waals surface area (Å²) in [4.78, 5) is 8.35. The van der Waals surface area contributed by atoms with Crippen molar-refractivity contribution in [1.82, 2.24) is 10.4 Å². The fourth-order valence-electron chi connectivity index (χ4n) is 3.25. The average molecular weight is 264 g/mol. The quantitative estimate of drug-likeness (QED) is 0.885. The number of thiophene rings is 1. The smallest absolute Gasteiger partial charge is 0.216 e. The molecule has 4 aliphatic heterocycles. The predicted molar refractivity (Wildman–Crippen MR) is 69.1 cm³/mol. The molecular formula is C13H16N2O2S. The van der Waals surface area contributed by atoms with Crippen molar-refractivity contribution >= 4 is 11.3 Å². The lowest BCUT2D eigenvalue weighted by atomic mass is 9.75. The van der Waals surface area contributed by atoms with Crippen LogP contribution in [-0.2, 0) is 4.84 Å². The lowest BCUT2D eigenvalue weighted by Gasteiger charge is -2.48. The van der Waals surface area contributed by atoms with Gasteiger partial charge in [-0.1, -0.05) is 0 Å². The van der Waals surface area contributed by atoms with E-state index in [0.717, 1.165) is 18.2 Å². The first kappa shape index (κ1) is 10.8. The predicted octanol–water partition coefficient (Wildman–Crippen LogP) is 1.97. The van der Waals surface area contributed by atoms with Gasteiger partial charge in [-0.05, 0) is 43.3 Å². The van der Waals surface area contributed by atoms with Gasteiger partial charge in [0.2, 0.25) is 5.88 Å². The molecule has 1 unspecified atom stereocenters. The van der Waals surface area contributed by atoms with Crippen LogP contribution >= 0.6 is 11.3 Å². The number of fused-ring (bicyclic) bond motifs is 2. The number of ether oxygens (including phenoxy) is 1. The molecule has 4 nitrogen and oxygen atoms in total. The number of hydroxylamine groups is 1. The third kappa shape index (κ3) is 1.66. The van der Waals surface area contributed by atoms with Crippen molar-refractivity contribution in [1.29, 1.82) is 0 Å². The Labute approximate surface area is 110 Å². The summed E-state index contributed by atoms with van der Waals surface area (Å²) in [6.07, 6.45) is 4.59. The van der Waals surface area contributed by atoms with Gasteiger partial charge in [-0.25, -0.2) is 5.48 Å². The molecule has 18 heavy (non-hydrogen) atoms. The SMILES string of the molecule is C1=C(Oc2ccsc2)NOC12CN1CCC2CC1. The van der Waals surface area contributed by atoms with Crippen molar-refractivity contribution in [3.8, 4) is 5.75 Å². The number of nitrogens with one attached hydrogen (secondary N) is 1. The van der Waals surface area contributed by atoms with Crippen molar-refractivity contribution in [3.63, 3.8) is 0 Å². The van der Waals surface area contributed by atoms with Crippen LogP contribution in [0.1, 0.15) is 12.8 Å². The highest BCUT2D eigenvalue weighted by molar-refractivity contribution is 7.08. The molecule has 1 atom stereocenters. The Kier molecular flexibility index (Phi) is 2.40. The first-order valence-electron chi connectivity index (χ1n) is 6.43. The van der Waals surface area contributed by atoms with Gasteiger partial charge in [-0.3, -0.25) is 9.74 Å². The van der Waals surface area contributed by atoms with Crippen molar-refractivity contribution in [3.05, 3.63) is 28.8 Å². The van der Waals surface area contributed by atoms with Gasteiger partial charge >= 0.3 is 0 Å². The Morgan fingerprint density at radius 1 is 1.44 bits per heavy atom. The number of rotatable bonds is 2. The summed E-state index contributed by atoms with van der Waals surface area (Å²) < 4.78 is 5.77. The Morgan fingerprint density at radius 3 is 3.00 bits per heavy atom. The highest BCUT2D eigenvalue weighted by atomic mass is 32.1. The van der Waals surface area contributed by atoms with Crippen LogP contribution in [0.3, 0.4) is 0 Å². The first-order valence-corrected chi connectivity index (χ1v) is 7.38. The van der Waals surface area contributed by atoms with E-state index in [1.54, 1.807) is 11.3 Å². The average Bonchev–Trinajstić information content (AvgIpc) is 3.02. The molecule has 3 saturated heterocycles. The second-order valence-corrected chi connectivity index (χ2v) is 6.06. The summed E-state index contributed by atoms with van der Waals surface area (Å²) in [6, 6.07) is 1.97. The second kappa shape index (κ2) is 3.98. The van der Waals surface area contributed by atoms with Crippen LogP contribution in [0.2, 0.25) is 0 Å². The molecule has 5 rings (SSSR count). The lowest BCUT2D eigenvalue weighted by molar-refractivity contribution is -0.141. The van der Waals surface area contributed by atoms with Crippen molar-refractivity contribution in [2.45, 2.75) is 18.4 Å². The number of hydrogen-bond acceptors (Lipinski definition) is 5. The zero-order chi connectivity index (χ0) is 12.0. The van der Waals surface area contributed by atoms with E-state index >= 15 is 0 Å². The zero-order valence-corrected chi connectivity index (χ0v) is 10.9. The summed E-state index contributed by atoms with van der Waals surface area (Å²) in [5.74, 6) is 2.24. The molecular weight excluding hydrogens is 248 g/mol. The zero-order valence-electron chi connectivity index (χ0n) is 10.1. The molecule has 0 aromatic carbocycles. The van der Waals surface area contributed by atoms with Crippen LogP contribution in [0.5, 0.6) is 5.75 Å². The number of nitrogens with zero attached hydrogens (tertiary/aromatic N) is 1. The number of hydrogen-bond donors (Lipinski definition) is 1. The third-order valence-electron chi connectivity index (χ3n) is 4.19. The van der Waals surface area contributed by atoms with Crippen LogP contribution in [0, 0.1) is 5.92 Å². The highest BCUT2D eigenvalue weighted by Crippen LogP contribution is 2.41. The van der Waals surface area contributed by atoms with Crippen molar-refractivity contribution in [2.24, 2.45) is 5.92 Å². The largest absolute Gasteiger partial charge is 0.439 e. The lowest BCUT2D eigenvalue weighted by Crippen LogP contribution is -2.58. The molecule has 0 aliphatic carbocycles. The molecule has 1 spiro atoms. The molecule has 0 saturated carbocycles. The van der Waals surface area contributed by atoms with Crippen LogP contribution in [0.15, 0.2) is 28.8 Å². The van der Waals surface area contributed by atoms with Crippen LogP contribution in [0.25, 0.3) is 0 Å². The van der Waals surface area contributed by atoms with E-state index in [1.807, 2.05) is 16.8 Å². The fourth-order valence-corrected chi connectivity index (χ4v) is 3.80. The van der Waals surface area contributed by atoms with Gasteiger partial charge < -0.3 is 4.74 Å². The Morgan fingerprint density at radius 2 is 2.33 bits per heavy atom. The van der Waals surface area contributed by atoms with Gasteiger partial charge in [0.25, 0.3) is 0 Å². The minimum absolute atomic E-state index is 0.165. The topological polar surface area (TPSA) is 33.7 Å². The highest BCUT2D eigenvalue weighted by Gasteiger charge is 2.50. The molecule has 0 amide bonds. The molecule has 5 heterocycles. The molecule has 1 N–H and O–H groups in total. The maximum atomic E-state index is 5.87. The second-order valence-electron chi connectivity index (χ2n) is 5.28. The van der Waals surface area contributed by atoms with E-state index in [1.165, 1.54) is 25.9 Å². The van der Waals surface area contributed by atoms with Gasteiger partial charge in [-0.2, -0.15) is 0 Å². The normalized spacial score (nSPS) is 37.7. The number of piperidine rings is 3. The van der Waals surface area contributed by atoms with E-state index < -0.39 is 0 Å². The molecule has 96 valence electrons. The molecule has 1 aromatic heterocycles. The van der Waals surface area contributed by atoms with E-state index in [9.17, 15) is 0 Å². The molecule has 1 aromatic rings. The van der Waals surface area contributed by atoms with Crippen LogP contribution in [0.4, 0.5) is 0 Å². The molecule has 4 aliphatic rings. The van der Waals surface area contributed by atoms with Gasteiger partial charge in [0.05, 0.1) is 0 Å². The van der Waals surface area contributed by atoms with E-state index in [4.69, 9.17) is 9.57 Å². The van der Waals surface area contributed by atoms with Gasteiger partial charge in [0.15, 0.2) is 0 Å². The fraction of sp³-hybridized carbons (Fsp3) is 0.538. The molecule has 5 heteroatoms. The van der Waals surface area contributed by atoms with Gasteiger partial charge in [0.1, 0.15) is 11.4 Å². The standard InChI is InChI=1S/C13H16N2O2S/c1-4-15-5-2-10(1)13(9-15)7-12(14-17-13)16-11-3-6-18-8-11/h3,6-8,10,14H,1-2,4-5,9H2. The van der Waals surface area contributed by atoms with Gasteiger partial charge in [-0.15, -0.1) is 11.3 Å². The maximum Gasteiger partial charge on any atom is 0.216 e. The minimum atomic E-state index is -0.165. The van der Waals surface area contributed by atoms with Crippen LogP contribution in [-0.4, -0.2) is 30.1 Å². The van der Waals surface area contributed by atoms with E-state index in [2.05, 4.69) is 16.5 Å². The molecule has 3 fully saturated rings. The summed E-state index contributed by atoms with van der Waals surface area (Å²) >= 11 is 1.63. The Hall–Kier alpha value is -1.04. The Balaban J connectivity index is 1.56. The summed E-state index contributed by atoms with van der Waals surface area (Å²) in [7, 11) is 0. The minimum Gasteiger partial charge on any atom is -0.439 e. The third-order valence-corrected chi connectivity index (χ3v) is 4.85. The van der Waals surface area contributed by atoms with Crippen LogP contribution < -0.4 is 10.2 Å². The monoisotopic (exact) mass is 264 g/mol. The summed E-state index contributed by atoms with van der Waals surface area (Å²) in [5.41, 5.74) is 2.79. The molecule has 2 bridgehead atoms. The van der Waals surface area contributed by atoms with E-state index in [-0.39, 0.29) is 5.60 Å². The Bertz CT molecular complexity index is 465. The van der Waals surface area contributed by atoms with E-state index in [0.29, 0.717) is 5.92 Å². The van der Waals surface area contributed by atoms with Crippen molar-refractivity contribution < 1.29 is 9.57 Å². The summed E-state index contributed by atoms with van der Waals surface area (Å²) in [5, 5.41) is 4.00. The van der Waals surface area contributed by atoms with Gasteiger partial charge in [0, 0.05) is 18.0 Å². The maximum absolute atomic E-state index is 5.87. The molecule has 0 radical (unpaired) electrons.